The van der Waals surface area contributed by atoms with E-state index in [2.05, 4.69) is 0 Å². The first-order valence-corrected chi connectivity index (χ1v) is 9.60. The van der Waals surface area contributed by atoms with Crippen molar-refractivity contribution in [3.05, 3.63) is 64.7 Å². The zero-order valence-electron chi connectivity index (χ0n) is 14.9. The molecular formula is C19H16F6O2P+. The summed E-state index contributed by atoms with van der Waals surface area (Å²) < 4.78 is 92.8. The first kappa shape index (κ1) is 22.1. The molecule has 0 aliphatic heterocycles. The Kier molecular flexibility index (Phi) is 6.34. The molecule has 0 saturated heterocycles. The molecule has 0 fully saturated rings. The zero-order valence-corrected chi connectivity index (χ0v) is 15.8. The van der Waals surface area contributed by atoms with Gasteiger partial charge in [0.05, 0.1) is 16.7 Å². The monoisotopic (exact) mass is 421 g/mol. The minimum Gasteiger partial charge on any atom is -0.288 e. The second-order valence-corrected chi connectivity index (χ2v) is 8.17. The quantitative estimate of drug-likeness (QED) is 0.327. The van der Waals surface area contributed by atoms with Crippen LogP contribution in [0.25, 0.3) is 0 Å². The topological polar surface area (TPSA) is 34.1 Å². The molecule has 28 heavy (non-hydrogen) atoms. The Morgan fingerprint density at radius 2 is 1.43 bits per heavy atom. The molecule has 0 saturated carbocycles. The van der Waals surface area contributed by atoms with E-state index >= 15 is 0 Å². The van der Waals surface area contributed by atoms with Crippen LogP contribution in [0.4, 0.5) is 26.3 Å². The van der Waals surface area contributed by atoms with Gasteiger partial charge in [0.25, 0.3) is 0 Å². The summed E-state index contributed by atoms with van der Waals surface area (Å²) in [4.78, 5) is 12.9. The maximum atomic E-state index is 13.4. The molecule has 0 N–H and O–H groups in total. The highest BCUT2D eigenvalue weighted by Crippen LogP contribution is 2.41. The van der Waals surface area contributed by atoms with E-state index in [9.17, 15) is 35.7 Å². The van der Waals surface area contributed by atoms with E-state index in [-0.39, 0.29) is 5.30 Å². The van der Waals surface area contributed by atoms with Crippen LogP contribution in [0.2, 0.25) is 0 Å². The third-order valence-electron chi connectivity index (χ3n) is 4.28. The van der Waals surface area contributed by atoms with Crippen LogP contribution in [0.5, 0.6) is 0 Å². The summed E-state index contributed by atoms with van der Waals surface area (Å²) in [6.07, 6.45) is -9.87. The van der Waals surface area contributed by atoms with Gasteiger partial charge in [0.15, 0.2) is 11.4 Å². The molecule has 2 aromatic rings. The van der Waals surface area contributed by atoms with Gasteiger partial charge in [-0.2, -0.15) is 26.3 Å². The highest BCUT2D eigenvalue weighted by molar-refractivity contribution is 7.54. The number of hydrogen-bond acceptors (Lipinski definition) is 2. The second-order valence-electron chi connectivity index (χ2n) is 6.15. The van der Waals surface area contributed by atoms with E-state index in [1.807, 2.05) is 0 Å². The summed E-state index contributed by atoms with van der Waals surface area (Å²) in [5, 5.41) is -0.0537. The third-order valence-corrected chi connectivity index (χ3v) is 6.31. The van der Waals surface area contributed by atoms with Crippen molar-refractivity contribution < 1.29 is 35.7 Å². The maximum absolute atomic E-state index is 13.4. The average molecular weight is 421 g/mol. The smallest absolute Gasteiger partial charge is 0.288 e. The Balaban J connectivity index is 2.77. The SMILES string of the molecule is CCC(C)[P+](=O)c1ccccc1C(=O)c1c(C(F)(F)F)cccc1C(F)(F)F. The van der Waals surface area contributed by atoms with Gasteiger partial charge in [0.1, 0.15) is 0 Å². The highest BCUT2D eigenvalue weighted by Gasteiger charge is 2.44. The van der Waals surface area contributed by atoms with E-state index in [0.717, 1.165) is 6.07 Å². The van der Waals surface area contributed by atoms with Gasteiger partial charge in [-0.3, -0.25) is 4.79 Å². The number of halogens is 6. The maximum Gasteiger partial charge on any atom is 0.417 e. The normalized spacial score (nSPS) is 13.9. The predicted molar refractivity (Wildman–Crippen MR) is 93.3 cm³/mol. The summed E-state index contributed by atoms with van der Waals surface area (Å²) >= 11 is 0. The number of carbonyl (C=O) groups excluding carboxylic acids is 1. The van der Waals surface area contributed by atoms with E-state index in [1.54, 1.807) is 13.8 Å². The second kappa shape index (κ2) is 8.03. The molecule has 0 heterocycles. The Hall–Kier alpha value is -2.21. The molecule has 0 aliphatic rings. The van der Waals surface area contributed by atoms with Crippen LogP contribution in [-0.2, 0) is 16.9 Å². The lowest BCUT2D eigenvalue weighted by Gasteiger charge is -2.18. The molecular weight excluding hydrogens is 405 g/mol. The molecule has 0 radical (unpaired) electrons. The van der Waals surface area contributed by atoms with Gasteiger partial charge in [-0.05, 0) is 37.6 Å². The summed E-state index contributed by atoms with van der Waals surface area (Å²) in [6.45, 7) is 3.37. The fourth-order valence-corrected chi connectivity index (χ4v) is 4.12. The van der Waals surface area contributed by atoms with Gasteiger partial charge >= 0.3 is 20.2 Å². The zero-order chi connectivity index (χ0) is 21.3. The molecule has 9 heteroatoms. The third kappa shape index (κ3) is 4.43. The van der Waals surface area contributed by atoms with E-state index in [4.69, 9.17) is 0 Å². The van der Waals surface area contributed by atoms with Crippen molar-refractivity contribution in [1.82, 2.24) is 0 Å². The number of alkyl halides is 6. The molecule has 0 aliphatic carbocycles. The lowest BCUT2D eigenvalue weighted by Crippen LogP contribution is -2.23. The summed E-state index contributed by atoms with van der Waals surface area (Å²) in [5.41, 5.74) is -5.67. The number of carbonyl (C=O) groups is 1. The standard InChI is InChI=1S/C19H16F6O2P/c1-3-11(2)28(27)15-10-5-4-7-12(15)17(26)16-13(18(20,21)22)8-6-9-14(16)19(23,24)25/h4-11H,3H2,1-2H3/q+1. The molecule has 0 amide bonds. The molecule has 2 aromatic carbocycles. The first-order chi connectivity index (χ1) is 12.9. The highest BCUT2D eigenvalue weighted by atomic mass is 31.1. The Bertz CT molecular complexity index is 870. The van der Waals surface area contributed by atoms with Crippen molar-refractivity contribution >= 4 is 18.9 Å². The fourth-order valence-electron chi connectivity index (χ4n) is 2.67. The van der Waals surface area contributed by atoms with Gasteiger partial charge in [-0.15, -0.1) is 0 Å². The van der Waals surface area contributed by atoms with Crippen molar-refractivity contribution in [3.63, 3.8) is 0 Å². The van der Waals surface area contributed by atoms with Crippen molar-refractivity contribution in [3.8, 4) is 0 Å². The number of ketones is 1. The average Bonchev–Trinajstić information content (AvgIpc) is 2.64. The van der Waals surface area contributed by atoms with Crippen LogP contribution in [-0.4, -0.2) is 11.4 Å². The van der Waals surface area contributed by atoms with Gasteiger partial charge < -0.3 is 0 Å². The lowest BCUT2D eigenvalue weighted by atomic mass is 9.92. The molecule has 150 valence electrons. The molecule has 0 bridgehead atoms. The van der Waals surface area contributed by atoms with Crippen molar-refractivity contribution in [2.45, 2.75) is 38.3 Å². The van der Waals surface area contributed by atoms with Gasteiger partial charge in [0, 0.05) is 5.56 Å². The summed E-state index contributed by atoms with van der Waals surface area (Å²) in [5.74, 6) is -1.46. The molecule has 2 atom stereocenters. The van der Waals surface area contributed by atoms with E-state index < -0.39 is 53.8 Å². The van der Waals surface area contributed by atoms with Gasteiger partial charge in [0.2, 0.25) is 5.30 Å². The van der Waals surface area contributed by atoms with E-state index in [0.29, 0.717) is 24.6 Å². The summed E-state index contributed by atoms with van der Waals surface area (Å²) in [6, 6.07) is 6.59. The van der Waals surface area contributed by atoms with Crippen LogP contribution in [0.1, 0.15) is 47.3 Å². The minimum atomic E-state index is -5.17. The van der Waals surface area contributed by atoms with Crippen LogP contribution in [0.15, 0.2) is 42.5 Å². The number of benzene rings is 2. The van der Waals surface area contributed by atoms with Crippen LogP contribution in [0, 0.1) is 0 Å². The van der Waals surface area contributed by atoms with Crippen molar-refractivity contribution in [1.29, 1.82) is 0 Å². The Morgan fingerprint density at radius 1 is 0.929 bits per heavy atom. The molecule has 0 aromatic heterocycles. The lowest BCUT2D eigenvalue weighted by molar-refractivity contribution is -0.143. The van der Waals surface area contributed by atoms with Crippen LogP contribution < -0.4 is 5.30 Å². The number of hydrogen-bond donors (Lipinski definition) is 0. The largest absolute Gasteiger partial charge is 0.417 e. The van der Waals surface area contributed by atoms with E-state index in [1.165, 1.54) is 18.2 Å². The van der Waals surface area contributed by atoms with Crippen molar-refractivity contribution in [2.75, 3.05) is 0 Å². The van der Waals surface area contributed by atoms with Gasteiger partial charge in [-0.25, -0.2) is 0 Å². The predicted octanol–water partition coefficient (Wildman–Crippen LogP) is 6.21. The van der Waals surface area contributed by atoms with Crippen LogP contribution in [0.3, 0.4) is 0 Å². The minimum absolute atomic E-state index is 0.0537. The first-order valence-electron chi connectivity index (χ1n) is 8.27. The molecule has 2 rings (SSSR count). The van der Waals surface area contributed by atoms with Crippen molar-refractivity contribution in [2.24, 2.45) is 0 Å². The fraction of sp³-hybridized carbons (Fsp3) is 0.316. The Labute approximate surface area is 158 Å². The number of rotatable bonds is 5. The van der Waals surface area contributed by atoms with Crippen LogP contribution >= 0.6 is 7.80 Å². The molecule has 0 spiro atoms. The Morgan fingerprint density at radius 3 is 1.89 bits per heavy atom. The summed E-state index contributed by atoms with van der Waals surface area (Å²) in [7, 11) is -2.19. The molecule has 2 unspecified atom stereocenters. The molecule has 2 nitrogen and oxygen atoms in total. The van der Waals surface area contributed by atoms with Gasteiger partial charge in [-0.1, -0.05) is 29.7 Å².